The Hall–Kier alpha value is -2.40. The number of nitrogens with zero attached hydrogens (tertiary/aromatic N) is 1. The monoisotopic (exact) mass is 299 g/mol. The van der Waals surface area contributed by atoms with Crippen LogP contribution in [0.5, 0.6) is 0 Å². The fraction of sp³-hybridized carbons (Fsp3) is 0.294. The SMILES string of the molecule is CC(C)(CO)Nc1ccc(NC(=O)Cc2ccccc2)cn1. The molecule has 1 amide bonds. The lowest BCUT2D eigenvalue weighted by atomic mass is 10.1. The molecule has 5 heteroatoms. The number of amides is 1. The summed E-state index contributed by atoms with van der Waals surface area (Å²) in [5.41, 5.74) is 1.18. The van der Waals surface area contributed by atoms with Gasteiger partial charge in [0.2, 0.25) is 5.91 Å². The summed E-state index contributed by atoms with van der Waals surface area (Å²) in [5.74, 6) is 0.574. The van der Waals surface area contributed by atoms with Gasteiger partial charge in [0.25, 0.3) is 0 Å². The summed E-state index contributed by atoms with van der Waals surface area (Å²) in [6, 6.07) is 13.1. The molecule has 1 aromatic carbocycles. The highest BCUT2D eigenvalue weighted by molar-refractivity contribution is 5.92. The Balaban J connectivity index is 1.92. The molecule has 22 heavy (non-hydrogen) atoms. The molecule has 1 aromatic heterocycles. The average Bonchev–Trinajstić information content (AvgIpc) is 2.50. The Bertz CT molecular complexity index is 610. The number of carbonyl (C=O) groups is 1. The first kappa shape index (κ1) is 16.0. The first-order valence-corrected chi connectivity index (χ1v) is 7.17. The molecule has 0 spiro atoms. The zero-order chi connectivity index (χ0) is 16.0. The molecule has 0 fully saturated rings. The van der Waals surface area contributed by atoms with Gasteiger partial charge in [0.05, 0.1) is 30.5 Å². The zero-order valence-electron chi connectivity index (χ0n) is 12.8. The Labute approximate surface area is 130 Å². The van der Waals surface area contributed by atoms with Gasteiger partial charge in [-0.15, -0.1) is 0 Å². The molecule has 0 radical (unpaired) electrons. The number of aliphatic hydroxyl groups is 1. The van der Waals surface area contributed by atoms with Gasteiger partial charge in [-0.3, -0.25) is 4.79 Å². The summed E-state index contributed by atoms with van der Waals surface area (Å²) in [6.07, 6.45) is 1.93. The van der Waals surface area contributed by atoms with Gasteiger partial charge in [-0.25, -0.2) is 4.98 Å². The maximum atomic E-state index is 12.0. The van der Waals surface area contributed by atoms with Crippen molar-refractivity contribution in [1.29, 1.82) is 0 Å². The Morgan fingerprint density at radius 3 is 2.50 bits per heavy atom. The van der Waals surface area contributed by atoms with Crippen molar-refractivity contribution in [3.05, 3.63) is 54.2 Å². The first-order valence-electron chi connectivity index (χ1n) is 7.17. The number of benzene rings is 1. The summed E-state index contributed by atoms with van der Waals surface area (Å²) in [4.78, 5) is 16.2. The van der Waals surface area contributed by atoms with Crippen LogP contribution >= 0.6 is 0 Å². The van der Waals surface area contributed by atoms with E-state index in [0.29, 0.717) is 17.9 Å². The third kappa shape index (κ3) is 4.86. The second-order valence-corrected chi connectivity index (χ2v) is 5.81. The minimum atomic E-state index is -0.439. The molecule has 2 rings (SSSR count). The van der Waals surface area contributed by atoms with Gasteiger partial charge in [0.15, 0.2) is 0 Å². The third-order valence-corrected chi connectivity index (χ3v) is 3.12. The van der Waals surface area contributed by atoms with Gasteiger partial charge in [-0.2, -0.15) is 0 Å². The first-order chi connectivity index (χ1) is 10.5. The van der Waals surface area contributed by atoms with E-state index in [1.807, 2.05) is 44.2 Å². The summed E-state index contributed by atoms with van der Waals surface area (Å²) in [6.45, 7) is 3.76. The molecule has 0 unspecified atom stereocenters. The van der Waals surface area contributed by atoms with E-state index < -0.39 is 5.54 Å². The quantitative estimate of drug-likeness (QED) is 0.766. The highest BCUT2D eigenvalue weighted by Gasteiger charge is 2.16. The van der Waals surface area contributed by atoms with Crippen molar-refractivity contribution in [2.45, 2.75) is 25.8 Å². The third-order valence-electron chi connectivity index (χ3n) is 3.12. The number of aromatic nitrogens is 1. The van der Waals surface area contributed by atoms with E-state index in [4.69, 9.17) is 0 Å². The van der Waals surface area contributed by atoms with Crippen molar-refractivity contribution >= 4 is 17.4 Å². The molecular formula is C17H21N3O2. The lowest BCUT2D eigenvalue weighted by Gasteiger charge is -2.24. The number of aliphatic hydroxyl groups excluding tert-OH is 1. The van der Waals surface area contributed by atoms with E-state index in [1.54, 1.807) is 18.3 Å². The molecule has 0 atom stereocenters. The normalized spacial score (nSPS) is 11.0. The van der Waals surface area contributed by atoms with E-state index in [-0.39, 0.29) is 12.5 Å². The molecule has 2 aromatic rings. The number of carbonyl (C=O) groups excluding carboxylic acids is 1. The fourth-order valence-corrected chi connectivity index (χ4v) is 1.91. The second-order valence-electron chi connectivity index (χ2n) is 5.81. The van der Waals surface area contributed by atoms with Gasteiger partial charge in [-0.05, 0) is 31.5 Å². The fourth-order valence-electron chi connectivity index (χ4n) is 1.91. The van der Waals surface area contributed by atoms with Crippen LogP contribution in [-0.4, -0.2) is 28.1 Å². The minimum absolute atomic E-state index is 0.00421. The van der Waals surface area contributed by atoms with Crippen LogP contribution in [0, 0.1) is 0 Å². The van der Waals surface area contributed by atoms with Crippen LogP contribution < -0.4 is 10.6 Å². The maximum Gasteiger partial charge on any atom is 0.228 e. The lowest BCUT2D eigenvalue weighted by molar-refractivity contribution is -0.115. The second kappa shape index (κ2) is 7.04. The summed E-state index contributed by atoms with van der Waals surface area (Å²) in [5, 5.41) is 15.2. The molecule has 0 aliphatic carbocycles. The average molecular weight is 299 g/mol. The predicted octanol–water partition coefficient (Wildman–Crippen LogP) is 2.45. The van der Waals surface area contributed by atoms with Crippen LogP contribution in [0.4, 0.5) is 11.5 Å². The van der Waals surface area contributed by atoms with Gasteiger partial charge in [-0.1, -0.05) is 30.3 Å². The van der Waals surface area contributed by atoms with Crippen LogP contribution in [0.25, 0.3) is 0 Å². The van der Waals surface area contributed by atoms with Gasteiger partial charge in [0.1, 0.15) is 5.82 Å². The van der Waals surface area contributed by atoms with Gasteiger partial charge < -0.3 is 15.7 Å². The number of hydrogen-bond acceptors (Lipinski definition) is 4. The van der Waals surface area contributed by atoms with Gasteiger partial charge in [0, 0.05) is 0 Å². The Kier molecular flexibility index (Phi) is 5.12. The van der Waals surface area contributed by atoms with Gasteiger partial charge >= 0.3 is 0 Å². The van der Waals surface area contributed by atoms with E-state index in [2.05, 4.69) is 15.6 Å². The largest absolute Gasteiger partial charge is 0.394 e. The number of anilines is 2. The smallest absolute Gasteiger partial charge is 0.228 e. The molecule has 116 valence electrons. The molecule has 0 saturated heterocycles. The molecule has 5 nitrogen and oxygen atoms in total. The zero-order valence-corrected chi connectivity index (χ0v) is 12.8. The van der Waals surface area contributed by atoms with E-state index in [0.717, 1.165) is 5.56 Å². The van der Waals surface area contributed by atoms with E-state index in [1.165, 1.54) is 0 Å². The summed E-state index contributed by atoms with van der Waals surface area (Å²) in [7, 11) is 0. The molecule has 0 saturated carbocycles. The van der Waals surface area contributed by atoms with Crippen molar-refractivity contribution < 1.29 is 9.90 Å². The van der Waals surface area contributed by atoms with Crippen LogP contribution in [0.15, 0.2) is 48.7 Å². The van der Waals surface area contributed by atoms with Crippen molar-refractivity contribution in [3.8, 4) is 0 Å². The standard InChI is InChI=1S/C17H21N3O2/c1-17(2,12-21)20-15-9-8-14(11-18-15)19-16(22)10-13-6-4-3-5-7-13/h3-9,11,21H,10,12H2,1-2H3,(H,18,20)(H,19,22). The Morgan fingerprint density at radius 1 is 1.18 bits per heavy atom. The van der Waals surface area contributed by atoms with Crippen LogP contribution in [0.3, 0.4) is 0 Å². The summed E-state index contributed by atoms with van der Waals surface area (Å²) < 4.78 is 0. The van der Waals surface area contributed by atoms with Crippen molar-refractivity contribution in [3.63, 3.8) is 0 Å². The molecule has 0 bridgehead atoms. The maximum absolute atomic E-state index is 12.0. The van der Waals surface area contributed by atoms with E-state index in [9.17, 15) is 9.90 Å². The van der Waals surface area contributed by atoms with Crippen LogP contribution in [0.2, 0.25) is 0 Å². The minimum Gasteiger partial charge on any atom is -0.394 e. The number of hydrogen-bond donors (Lipinski definition) is 3. The number of pyridine rings is 1. The topological polar surface area (TPSA) is 74.2 Å². The molecular weight excluding hydrogens is 278 g/mol. The van der Waals surface area contributed by atoms with Crippen molar-refractivity contribution in [2.75, 3.05) is 17.2 Å². The molecule has 0 aliphatic heterocycles. The highest BCUT2D eigenvalue weighted by Crippen LogP contribution is 2.15. The predicted molar refractivity (Wildman–Crippen MR) is 87.8 cm³/mol. The Morgan fingerprint density at radius 2 is 1.91 bits per heavy atom. The lowest BCUT2D eigenvalue weighted by Crippen LogP contribution is -2.35. The molecule has 1 heterocycles. The van der Waals surface area contributed by atoms with E-state index >= 15 is 0 Å². The molecule has 3 N–H and O–H groups in total. The van der Waals surface area contributed by atoms with Crippen molar-refractivity contribution in [2.24, 2.45) is 0 Å². The van der Waals surface area contributed by atoms with Crippen LogP contribution in [-0.2, 0) is 11.2 Å². The summed E-state index contributed by atoms with van der Waals surface area (Å²) >= 11 is 0. The highest BCUT2D eigenvalue weighted by atomic mass is 16.3. The van der Waals surface area contributed by atoms with Crippen molar-refractivity contribution in [1.82, 2.24) is 4.98 Å². The number of nitrogens with one attached hydrogen (secondary N) is 2. The molecule has 0 aliphatic rings. The van der Waals surface area contributed by atoms with Crippen LogP contribution in [0.1, 0.15) is 19.4 Å². The number of rotatable bonds is 6.